The first-order valence-corrected chi connectivity index (χ1v) is 5.16. The van der Waals surface area contributed by atoms with Gasteiger partial charge < -0.3 is 9.84 Å². The zero-order chi connectivity index (χ0) is 10.1. The third kappa shape index (κ3) is 2.68. The summed E-state index contributed by atoms with van der Waals surface area (Å²) in [6.07, 6.45) is 3.01. The maximum Gasteiger partial charge on any atom is 0.0606 e. The Balaban J connectivity index is 2.65. The van der Waals surface area contributed by atoms with Crippen molar-refractivity contribution < 1.29 is 9.84 Å². The fraction of sp³-hybridized carbons (Fsp3) is 1.00. The van der Waals surface area contributed by atoms with Crippen LogP contribution < -0.4 is 0 Å². The molecule has 1 fully saturated rings. The van der Waals surface area contributed by atoms with Crippen molar-refractivity contribution in [3.63, 3.8) is 0 Å². The quantitative estimate of drug-likeness (QED) is 0.680. The summed E-state index contributed by atoms with van der Waals surface area (Å²) in [7, 11) is 1.78. The molecule has 0 amide bonds. The molecule has 3 atom stereocenters. The zero-order valence-corrected chi connectivity index (χ0v) is 9.21. The van der Waals surface area contributed by atoms with Crippen LogP contribution in [0.2, 0.25) is 0 Å². The summed E-state index contributed by atoms with van der Waals surface area (Å²) < 4.78 is 5.47. The highest BCUT2D eigenvalue weighted by molar-refractivity contribution is 4.87. The van der Waals surface area contributed by atoms with Crippen LogP contribution in [0.1, 0.15) is 40.0 Å². The molecule has 0 bridgehead atoms. The minimum absolute atomic E-state index is 0.115. The fourth-order valence-electron chi connectivity index (χ4n) is 2.31. The number of aliphatic hydroxyl groups excluding tert-OH is 1. The minimum Gasteiger partial charge on any atom is -0.393 e. The van der Waals surface area contributed by atoms with Gasteiger partial charge in [0, 0.05) is 7.11 Å². The van der Waals surface area contributed by atoms with Crippen molar-refractivity contribution >= 4 is 0 Å². The third-order valence-corrected chi connectivity index (χ3v) is 3.17. The molecule has 1 aliphatic rings. The summed E-state index contributed by atoms with van der Waals surface area (Å²) in [5.74, 6) is 0.487. The Hall–Kier alpha value is -0.0800. The van der Waals surface area contributed by atoms with Gasteiger partial charge in [-0.2, -0.15) is 0 Å². The molecule has 1 aliphatic carbocycles. The topological polar surface area (TPSA) is 29.5 Å². The van der Waals surface area contributed by atoms with E-state index in [1.54, 1.807) is 7.11 Å². The Labute approximate surface area is 81.3 Å². The van der Waals surface area contributed by atoms with E-state index >= 15 is 0 Å². The second kappa shape index (κ2) is 3.97. The first kappa shape index (κ1) is 11.0. The molecule has 0 radical (unpaired) electrons. The lowest BCUT2D eigenvalue weighted by Gasteiger charge is -2.41. The van der Waals surface area contributed by atoms with Crippen molar-refractivity contribution in [2.24, 2.45) is 11.3 Å². The van der Waals surface area contributed by atoms with Crippen molar-refractivity contribution in [1.82, 2.24) is 0 Å². The predicted octanol–water partition coefficient (Wildman–Crippen LogP) is 2.21. The Kier molecular flexibility index (Phi) is 3.36. The van der Waals surface area contributed by atoms with Crippen molar-refractivity contribution in [3.8, 4) is 0 Å². The standard InChI is InChI=1S/C11H22O2/c1-11(2,3)9-7-8(12)5-6-10(9)13-4/h8-10,12H,5-7H2,1-4H3. The number of methoxy groups -OCH3 is 1. The van der Waals surface area contributed by atoms with Crippen LogP contribution in [0.25, 0.3) is 0 Å². The van der Waals surface area contributed by atoms with Crippen LogP contribution in [0.5, 0.6) is 0 Å². The number of hydrogen-bond donors (Lipinski definition) is 1. The summed E-state index contributed by atoms with van der Waals surface area (Å²) in [6, 6.07) is 0. The maximum atomic E-state index is 9.60. The Morgan fingerprint density at radius 2 is 1.85 bits per heavy atom. The second-order valence-corrected chi connectivity index (χ2v) is 5.21. The van der Waals surface area contributed by atoms with Crippen LogP contribution in [0, 0.1) is 11.3 Å². The molecule has 0 heterocycles. The molecule has 78 valence electrons. The van der Waals surface area contributed by atoms with Gasteiger partial charge in [-0.25, -0.2) is 0 Å². The summed E-state index contributed by atoms with van der Waals surface area (Å²) in [6.45, 7) is 6.67. The lowest BCUT2D eigenvalue weighted by Crippen LogP contribution is -2.40. The van der Waals surface area contributed by atoms with E-state index in [9.17, 15) is 5.11 Å². The first-order valence-electron chi connectivity index (χ1n) is 5.16. The highest BCUT2D eigenvalue weighted by atomic mass is 16.5. The number of hydrogen-bond acceptors (Lipinski definition) is 2. The summed E-state index contributed by atoms with van der Waals surface area (Å²) >= 11 is 0. The molecule has 2 heteroatoms. The molecule has 0 aromatic carbocycles. The highest BCUT2D eigenvalue weighted by Crippen LogP contribution is 2.39. The summed E-state index contributed by atoms with van der Waals surface area (Å²) in [4.78, 5) is 0. The molecule has 0 aliphatic heterocycles. The Morgan fingerprint density at radius 3 is 2.31 bits per heavy atom. The Bertz CT molecular complexity index is 160. The number of rotatable bonds is 1. The third-order valence-electron chi connectivity index (χ3n) is 3.17. The van der Waals surface area contributed by atoms with E-state index in [1.807, 2.05) is 0 Å². The monoisotopic (exact) mass is 186 g/mol. The maximum absolute atomic E-state index is 9.60. The van der Waals surface area contributed by atoms with Crippen molar-refractivity contribution in [2.45, 2.75) is 52.2 Å². The Morgan fingerprint density at radius 1 is 1.23 bits per heavy atom. The molecule has 2 nitrogen and oxygen atoms in total. The first-order chi connectivity index (χ1) is 5.95. The molecule has 1 saturated carbocycles. The van der Waals surface area contributed by atoms with Gasteiger partial charge in [0.25, 0.3) is 0 Å². The molecule has 3 unspecified atom stereocenters. The van der Waals surface area contributed by atoms with Crippen molar-refractivity contribution in [1.29, 1.82) is 0 Å². The van der Waals surface area contributed by atoms with Gasteiger partial charge in [0.15, 0.2) is 0 Å². The van der Waals surface area contributed by atoms with E-state index in [-0.39, 0.29) is 11.5 Å². The molecule has 0 aromatic heterocycles. The summed E-state index contributed by atoms with van der Waals surface area (Å²) in [5, 5.41) is 9.60. The molecule has 0 aromatic rings. The van der Waals surface area contributed by atoms with Gasteiger partial charge in [0.05, 0.1) is 12.2 Å². The predicted molar refractivity (Wildman–Crippen MR) is 53.6 cm³/mol. The van der Waals surface area contributed by atoms with Gasteiger partial charge in [-0.1, -0.05) is 20.8 Å². The fourth-order valence-corrected chi connectivity index (χ4v) is 2.31. The summed E-state index contributed by atoms with van der Waals surface area (Å²) in [5.41, 5.74) is 0.238. The normalized spacial score (nSPS) is 36.2. The SMILES string of the molecule is COC1CCC(O)CC1C(C)(C)C. The van der Waals surface area contributed by atoms with Crippen molar-refractivity contribution in [3.05, 3.63) is 0 Å². The lowest BCUT2D eigenvalue weighted by atomic mass is 9.70. The van der Waals surface area contributed by atoms with Gasteiger partial charge in [-0.15, -0.1) is 0 Å². The second-order valence-electron chi connectivity index (χ2n) is 5.21. The van der Waals surface area contributed by atoms with Crippen LogP contribution in [0.15, 0.2) is 0 Å². The van der Waals surface area contributed by atoms with E-state index < -0.39 is 0 Å². The van der Waals surface area contributed by atoms with E-state index in [0.717, 1.165) is 19.3 Å². The highest BCUT2D eigenvalue weighted by Gasteiger charge is 2.37. The van der Waals surface area contributed by atoms with Gasteiger partial charge in [-0.3, -0.25) is 0 Å². The van der Waals surface area contributed by atoms with E-state index in [4.69, 9.17) is 4.74 Å². The van der Waals surface area contributed by atoms with Gasteiger partial charge in [0.2, 0.25) is 0 Å². The van der Waals surface area contributed by atoms with Crippen LogP contribution in [-0.2, 0) is 4.74 Å². The molecule has 13 heavy (non-hydrogen) atoms. The largest absolute Gasteiger partial charge is 0.393 e. The van der Waals surface area contributed by atoms with Gasteiger partial charge >= 0.3 is 0 Å². The molecular weight excluding hydrogens is 164 g/mol. The molecule has 0 spiro atoms. The van der Waals surface area contributed by atoms with E-state index in [2.05, 4.69) is 20.8 Å². The molecular formula is C11H22O2. The average molecular weight is 186 g/mol. The lowest BCUT2D eigenvalue weighted by molar-refractivity contribution is -0.0581. The zero-order valence-electron chi connectivity index (χ0n) is 9.21. The van der Waals surface area contributed by atoms with Crippen LogP contribution in [0.4, 0.5) is 0 Å². The van der Waals surface area contributed by atoms with Crippen LogP contribution in [-0.4, -0.2) is 24.4 Å². The average Bonchev–Trinajstić information content (AvgIpc) is 2.03. The van der Waals surface area contributed by atoms with Crippen LogP contribution in [0.3, 0.4) is 0 Å². The van der Waals surface area contributed by atoms with Crippen LogP contribution >= 0.6 is 0 Å². The van der Waals surface area contributed by atoms with Gasteiger partial charge in [0.1, 0.15) is 0 Å². The van der Waals surface area contributed by atoms with Crippen molar-refractivity contribution in [2.75, 3.05) is 7.11 Å². The van der Waals surface area contributed by atoms with E-state index in [0.29, 0.717) is 12.0 Å². The van der Waals surface area contributed by atoms with Gasteiger partial charge in [-0.05, 0) is 30.6 Å². The number of ether oxygens (including phenoxy) is 1. The number of aliphatic hydroxyl groups is 1. The molecule has 0 saturated heterocycles. The molecule has 1 rings (SSSR count). The minimum atomic E-state index is -0.115. The van der Waals surface area contributed by atoms with E-state index in [1.165, 1.54) is 0 Å². The molecule has 1 N–H and O–H groups in total. The smallest absolute Gasteiger partial charge is 0.0606 e.